The lowest BCUT2D eigenvalue weighted by atomic mass is 10.2. The van der Waals surface area contributed by atoms with Gasteiger partial charge in [0.05, 0.1) is 19.3 Å². The van der Waals surface area contributed by atoms with Gasteiger partial charge in [-0.3, -0.25) is 0 Å². The Balaban J connectivity index is 1.56. The van der Waals surface area contributed by atoms with Crippen LogP contribution in [0.5, 0.6) is 0 Å². The molecule has 2 N–H and O–H groups in total. The SMILES string of the molecule is CN1CCO[C@@H](CNC(=NCc2ccccc2F)NC2CC2)C1. The Kier molecular flexibility index (Phi) is 5.46. The molecule has 0 aromatic heterocycles. The third-order valence-electron chi connectivity index (χ3n) is 4.12. The lowest BCUT2D eigenvalue weighted by molar-refractivity contribution is -0.0161. The van der Waals surface area contributed by atoms with E-state index < -0.39 is 0 Å². The monoisotopic (exact) mass is 320 g/mol. The van der Waals surface area contributed by atoms with Crippen LogP contribution >= 0.6 is 0 Å². The van der Waals surface area contributed by atoms with Crippen LogP contribution in [0.1, 0.15) is 18.4 Å². The van der Waals surface area contributed by atoms with E-state index in [1.807, 2.05) is 6.07 Å². The minimum Gasteiger partial charge on any atom is -0.374 e. The molecule has 2 fully saturated rings. The van der Waals surface area contributed by atoms with Gasteiger partial charge in [-0.2, -0.15) is 0 Å². The van der Waals surface area contributed by atoms with Crippen molar-refractivity contribution >= 4 is 5.96 Å². The molecule has 1 aromatic carbocycles. The first-order chi connectivity index (χ1) is 11.2. The number of nitrogens with zero attached hydrogens (tertiary/aromatic N) is 2. The van der Waals surface area contributed by atoms with Gasteiger partial charge >= 0.3 is 0 Å². The van der Waals surface area contributed by atoms with Crippen molar-refractivity contribution in [2.24, 2.45) is 4.99 Å². The van der Waals surface area contributed by atoms with Gasteiger partial charge in [0.15, 0.2) is 5.96 Å². The number of morpholine rings is 1. The number of hydrogen-bond donors (Lipinski definition) is 2. The van der Waals surface area contributed by atoms with Crippen LogP contribution in [-0.2, 0) is 11.3 Å². The van der Waals surface area contributed by atoms with E-state index in [1.54, 1.807) is 12.1 Å². The first kappa shape index (κ1) is 16.2. The molecule has 1 aliphatic carbocycles. The lowest BCUT2D eigenvalue weighted by Crippen LogP contribution is -2.48. The standard InChI is InChI=1S/C17H25FN4O/c1-22-8-9-23-15(12-22)11-20-17(21-14-6-7-14)19-10-13-4-2-3-5-16(13)18/h2-5,14-15H,6-12H2,1H3,(H2,19,20,21)/t15-/m0/s1. The Hall–Kier alpha value is -1.66. The van der Waals surface area contributed by atoms with Crippen LogP contribution in [0, 0.1) is 5.82 Å². The maximum absolute atomic E-state index is 13.7. The predicted octanol–water partition coefficient (Wildman–Crippen LogP) is 1.35. The maximum atomic E-state index is 13.7. The van der Waals surface area contributed by atoms with E-state index in [2.05, 4.69) is 27.6 Å². The van der Waals surface area contributed by atoms with E-state index in [4.69, 9.17) is 4.74 Å². The minimum atomic E-state index is -0.209. The summed E-state index contributed by atoms with van der Waals surface area (Å²) in [6, 6.07) is 7.27. The topological polar surface area (TPSA) is 48.9 Å². The summed E-state index contributed by atoms with van der Waals surface area (Å²) in [5.41, 5.74) is 0.609. The molecule has 6 heteroatoms. The van der Waals surface area contributed by atoms with E-state index >= 15 is 0 Å². The summed E-state index contributed by atoms with van der Waals surface area (Å²) in [5.74, 6) is 0.534. The normalized spacial score (nSPS) is 22.9. The maximum Gasteiger partial charge on any atom is 0.191 e. The summed E-state index contributed by atoms with van der Waals surface area (Å²) in [6.45, 7) is 3.70. The Labute approximate surface area is 136 Å². The van der Waals surface area contributed by atoms with Crippen molar-refractivity contribution in [3.63, 3.8) is 0 Å². The molecular formula is C17H25FN4O. The Morgan fingerprint density at radius 2 is 2.22 bits per heavy atom. The summed E-state index contributed by atoms with van der Waals surface area (Å²) in [7, 11) is 2.10. The van der Waals surface area contributed by atoms with Crippen LogP contribution in [0.4, 0.5) is 4.39 Å². The zero-order chi connectivity index (χ0) is 16.1. The van der Waals surface area contributed by atoms with Crippen molar-refractivity contribution in [3.05, 3.63) is 35.6 Å². The van der Waals surface area contributed by atoms with Gasteiger partial charge in [0, 0.05) is 31.2 Å². The number of hydrogen-bond acceptors (Lipinski definition) is 3. The molecule has 2 aliphatic rings. The second kappa shape index (κ2) is 7.75. The number of likely N-dealkylation sites (N-methyl/N-ethyl adjacent to an activating group) is 1. The summed E-state index contributed by atoms with van der Waals surface area (Å²) in [4.78, 5) is 6.79. The van der Waals surface area contributed by atoms with Gasteiger partial charge in [0.2, 0.25) is 0 Å². The smallest absolute Gasteiger partial charge is 0.191 e. The minimum absolute atomic E-state index is 0.161. The number of aliphatic imine (C=N–C) groups is 1. The third kappa shape index (κ3) is 5.18. The van der Waals surface area contributed by atoms with Crippen LogP contribution in [0.2, 0.25) is 0 Å². The van der Waals surface area contributed by atoms with Gasteiger partial charge < -0.3 is 20.3 Å². The van der Waals surface area contributed by atoms with Crippen LogP contribution in [-0.4, -0.2) is 56.3 Å². The number of nitrogens with one attached hydrogen (secondary N) is 2. The summed E-state index contributed by atoms with van der Waals surface area (Å²) in [5, 5.41) is 6.71. The highest BCUT2D eigenvalue weighted by Crippen LogP contribution is 2.18. The molecule has 0 unspecified atom stereocenters. The molecule has 1 aromatic rings. The second-order valence-electron chi connectivity index (χ2n) is 6.31. The van der Waals surface area contributed by atoms with E-state index in [9.17, 15) is 4.39 Å². The van der Waals surface area contributed by atoms with Gasteiger partial charge in [-0.1, -0.05) is 18.2 Å². The first-order valence-electron chi connectivity index (χ1n) is 8.29. The number of halogens is 1. The molecule has 1 atom stereocenters. The van der Waals surface area contributed by atoms with E-state index in [0.29, 0.717) is 24.7 Å². The molecule has 0 spiro atoms. The van der Waals surface area contributed by atoms with Crippen molar-refractivity contribution in [2.75, 3.05) is 33.3 Å². The quantitative estimate of drug-likeness (QED) is 0.635. The van der Waals surface area contributed by atoms with Gasteiger partial charge in [-0.05, 0) is 26.0 Å². The fraction of sp³-hybridized carbons (Fsp3) is 0.588. The van der Waals surface area contributed by atoms with Crippen LogP contribution < -0.4 is 10.6 Å². The summed E-state index contributed by atoms with van der Waals surface area (Å²) in [6.07, 6.45) is 2.50. The molecule has 0 amide bonds. The first-order valence-corrected chi connectivity index (χ1v) is 8.29. The average Bonchev–Trinajstić information content (AvgIpc) is 3.35. The average molecular weight is 320 g/mol. The molecule has 0 radical (unpaired) electrons. The molecular weight excluding hydrogens is 295 g/mol. The predicted molar refractivity (Wildman–Crippen MR) is 88.9 cm³/mol. The molecule has 5 nitrogen and oxygen atoms in total. The molecule has 1 saturated heterocycles. The van der Waals surface area contributed by atoms with E-state index in [0.717, 1.165) is 25.7 Å². The Bertz CT molecular complexity index is 547. The molecule has 1 saturated carbocycles. The van der Waals surface area contributed by atoms with E-state index in [1.165, 1.54) is 18.9 Å². The highest BCUT2D eigenvalue weighted by molar-refractivity contribution is 5.80. The summed E-state index contributed by atoms with van der Waals surface area (Å²) < 4.78 is 19.5. The van der Waals surface area contributed by atoms with E-state index in [-0.39, 0.29) is 11.9 Å². The molecule has 1 aliphatic heterocycles. The molecule has 3 rings (SSSR count). The fourth-order valence-electron chi connectivity index (χ4n) is 2.57. The highest BCUT2D eigenvalue weighted by Gasteiger charge is 2.23. The molecule has 126 valence electrons. The van der Waals surface area contributed by atoms with Crippen LogP contribution in [0.15, 0.2) is 29.3 Å². The Morgan fingerprint density at radius 3 is 2.96 bits per heavy atom. The van der Waals surface area contributed by atoms with Crippen molar-refractivity contribution in [2.45, 2.75) is 31.5 Å². The Morgan fingerprint density at radius 1 is 1.39 bits per heavy atom. The highest BCUT2D eigenvalue weighted by atomic mass is 19.1. The molecule has 0 bridgehead atoms. The number of ether oxygens (including phenoxy) is 1. The number of rotatable bonds is 5. The van der Waals surface area contributed by atoms with Crippen molar-refractivity contribution < 1.29 is 9.13 Å². The van der Waals surface area contributed by atoms with Gasteiger partial charge in [-0.25, -0.2) is 9.38 Å². The zero-order valence-corrected chi connectivity index (χ0v) is 13.6. The van der Waals surface area contributed by atoms with Gasteiger partial charge in [0.25, 0.3) is 0 Å². The number of guanidine groups is 1. The largest absolute Gasteiger partial charge is 0.374 e. The fourth-order valence-corrected chi connectivity index (χ4v) is 2.57. The summed E-state index contributed by atoms with van der Waals surface area (Å²) >= 11 is 0. The van der Waals surface area contributed by atoms with Crippen molar-refractivity contribution in [3.8, 4) is 0 Å². The lowest BCUT2D eigenvalue weighted by Gasteiger charge is -2.30. The number of benzene rings is 1. The van der Waals surface area contributed by atoms with Gasteiger partial charge in [0.1, 0.15) is 5.82 Å². The van der Waals surface area contributed by atoms with Gasteiger partial charge in [-0.15, -0.1) is 0 Å². The van der Waals surface area contributed by atoms with Crippen molar-refractivity contribution in [1.82, 2.24) is 15.5 Å². The van der Waals surface area contributed by atoms with Crippen LogP contribution in [0.25, 0.3) is 0 Å². The van der Waals surface area contributed by atoms with Crippen molar-refractivity contribution in [1.29, 1.82) is 0 Å². The molecule has 1 heterocycles. The zero-order valence-electron chi connectivity index (χ0n) is 13.6. The second-order valence-corrected chi connectivity index (χ2v) is 6.31. The molecule has 23 heavy (non-hydrogen) atoms. The van der Waals surface area contributed by atoms with Crippen LogP contribution in [0.3, 0.4) is 0 Å². The third-order valence-corrected chi connectivity index (χ3v) is 4.12.